The average Bonchev–Trinajstić information content (AvgIpc) is 2.82. The van der Waals surface area contributed by atoms with Gasteiger partial charge < -0.3 is 10.9 Å². The molecule has 0 spiro atoms. The predicted molar refractivity (Wildman–Crippen MR) is 134 cm³/mol. The van der Waals surface area contributed by atoms with Crippen molar-refractivity contribution in [1.82, 2.24) is 0 Å². The zero-order valence-electron chi connectivity index (χ0n) is 16.3. The summed E-state index contributed by atoms with van der Waals surface area (Å²) in [5, 5.41) is 0.777. The normalized spacial score (nSPS) is 8.71. The summed E-state index contributed by atoms with van der Waals surface area (Å²) in [5.41, 5.74) is 18.4. The van der Waals surface area contributed by atoms with Gasteiger partial charge in [-0.2, -0.15) is 0 Å². The Morgan fingerprint density at radius 1 is 0.581 bits per heavy atom. The first-order valence-corrected chi connectivity index (χ1v) is 9.32. The molecule has 31 heavy (non-hydrogen) atoms. The summed E-state index contributed by atoms with van der Waals surface area (Å²) in [6.07, 6.45) is 0. The average molecular weight is 439 g/mol. The Morgan fingerprint density at radius 2 is 0.903 bits per heavy atom. The van der Waals surface area contributed by atoms with Crippen LogP contribution in [-0.4, -0.2) is 5.48 Å². The van der Waals surface area contributed by atoms with E-state index < -0.39 is 0 Å². The van der Waals surface area contributed by atoms with Gasteiger partial charge in [0.1, 0.15) is 0 Å². The Labute approximate surface area is 190 Å². The van der Waals surface area contributed by atoms with Crippen LogP contribution >= 0.6 is 11.6 Å². The van der Waals surface area contributed by atoms with Gasteiger partial charge >= 0.3 is 0 Å². The van der Waals surface area contributed by atoms with Crippen molar-refractivity contribution in [3.8, 4) is 22.3 Å². The van der Waals surface area contributed by atoms with Crippen LogP contribution in [-0.2, 0) is 0 Å². The van der Waals surface area contributed by atoms with Crippen molar-refractivity contribution in [1.29, 1.82) is 11.1 Å². The Kier molecular flexibility index (Phi) is 13.6. The molecule has 0 bridgehead atoms. The maximum atomic E-state index is 5.80. The van der Waals surface area contributed by atoms with E-state index in [-0.39, 0.29) is 14.3 Å². The van der Waals surface area contributed by atoms with E-state index in [1.54, 1.807) is 0 Å². The van der Waals surface area contributed by atoms with Crippen LogP contribution < -0.4 is 11.3 Å². The molecule has 0 aliphatic carbocycles. The van der Waals surface area contributed by atoms with Gasteiger partial charge in [0, 0.05) is 12.1 Å². The Balaban J connectivity index is 0. The second kappa shape index (κ2) is 15.3. The largest absolute Gasteiger partial charge is 0.412 e. The summed E-state index contributed by atoms with van der Waals surface area (Å²) < 4.78 is 0. The molecule has 0 unspecified atom stereocenters. The zero-order chi connectivity index (χ0) is 20.9. The van der Waals surface area contributed by atoms with Gasteiger partial charge in [-0.3, -0.25) is 5.84 Å². The van der Waals surface area contributed by atoms with Crippen molar-refractivity contribution < 1.29 is 6.90 Å². The molecular formula is C25H31ClN4O. The number of rotatable bonds is 3. The molecule has 0 radical (unpaired) electrons. The van der Waals surface area contributed by atoms with Crippen molar-refractivity contribution in [2.75, 3.05) is 5.43 Å². The van der Waals surface area contributed by atoms with Crippen LogP contribution in [0, 0.1) is 11.1 Å². The standard InChI is InChI=1S/C12H9Cl.C12H12N2.CH4.H2N2.H2O.H2/c13-12-8-6-11(7-9-12)10-4-2-1-3-5-10;13-14-12-8-6-11(7-9-12)10-4-2-1-3-5-10;;1-2;;/h1-9H;1-9,14H,13H2;1H4;1-2H;1H2;1H. The SMILES string of the molecule is C.Clc1ccc(-c2ccccc2)cc1.N=N.NNc1ccc(-c2ccccc2)cc1.O.[HH]. The number of halogens is 1. The van der Waals surface area contributed by atoms with Gasteiger partial charge in [-0.15, -0.1) is 0 Å². The molecule has 0 aliphatic heterocycles. The Morgan fingerprint density at radius 3 is 1.26 bits per heavy atom. The van der Waals surface area contributed by atoms with Crippen molar-refractivity contribution in [3.63, 3.8) is 0 Å². The van der Waals surface area contributed by atoms with Crippen LogP contribution in [0.5, 0.6) is 0 Å². The smallest absolute Gasteiger partial charge is 0.0485 e. The number of anilines is 1. The summed E-state index contributed by atoms with van der Waals surface area (Å²) in [4.78, 5) is 0. The number of hydrogen-bond donors (Lipinski definition) is 4. The first-order chi connectivity index (χ1) is 14.3. The van der Waals surface area contributed by atoms with Crippen LogP contribution in [0.3, 0.4) is 0 Å². The Bertz CT molecular complexity index is 970. The van der Waals surface area contributed by atoms with Crippen LogP contribution in [0.1, 0.15) is 8.85 Å². The van der Waals surface area contributed by atoms with Gasteiger partial charge in [0.2, 0.25) is 0 Å². The van der Waals surface area contributed by atoms with Gasteiger partial charge in [0.25, 0.3) is 0 Å². The zero-order valence-corrected chi connectivity index (χ0v) is 17.1. The first-order valence-electron chi connectivity index (χ1n) is 8.94. The van der Waals surface area contributed by atoms with Crippen molar-refractivity contribution in [2.24, 2.45) is 5.84 Å². The van der Waals surface area contributed by atoms with E-state index in [4.69, 9.17) is 28.5 Å². The maximum absolute atomic E-state index is 5.80. The molecule has 0 atom stereocenters. The van der Waals surface area contributed by atoms with E-state index in [9.17, 15) is 0 Å². The topological polar surface area (TPSA) is 117 Å². The van der Waals surface area contributed by atoms with Gasteiger partial charge in [-0.25, -0.2) is 11.1 Å². The molecule has 0 saturated carbocycles. The van der Waals surface area contributed by atoms with Crippen LogP contribution in [0.4, 0.5) is 5.69 Å². The van der Waals surface area contributed by atoms with Crippen molar-refractivity contribution >= 4 is 17.3 Å². The van der Waals surface area contributed by atoms with Crippen LogP contribution in [0.2, 0.25) is 5.02 Å². The third-order valence-corrected chi connectivity index (χ3v) is 4.36. The summed E-state index contributed by atoms with van der Waals surface area (Å²) in [6.45, 7) is 0. The summed E-state index contributed by atoms with van der Waals surface area (Å²) in [7, 11) is 0. The quantitative estimate of drug-likeness (QED) is 0.152. The summed E-state index contributed by atoms with van der Waals surface area (Å²) in [6, 6.07) is 36.4. The second-order valence-corrected chi connectivity index (χ2v) is 6.40. The lowest BCUT2D eigenvalue weighted by Crippen LogP contribution is -2.05. The number of hydrogen-bond acceptors (Lipinski definition) is 4. The first kappa shape index (κ1) is 27.5. The molecule has 0 heterocycles. The number of nitrogens with two attached hydrogens (primary N) is 1. The highest BCUT2D eigenvalue weighted by Gasteiger charge is 1.96. The van der Waals surface area contributed by atoms with Gasteiger partial charge in [-0.05, 0) is 46.5 Å². The lowest BCUT2D eigenvalue weighted by atomic mass is 10.1. The minimum Gasteiger partial charge on any atom is -0.412 e. The molecule has 4 aromatic rings. The molecule has 7 N–H and O–H groups in total. The highest BCUT2D eigenvalue weighted by Crippen LogP contribution is 2.21. The molecule has 4 aromatic carbocycles. The highest BCUT2D eigenvalue weighted by atomic mass is 35.5. The number of nitrogen functional groups attached to an aromatic ring is 1. The second-order valence-electron chi connectivity index (χ2n) is 5.96. The van der Waals surface area contributed by atoms with Crippen LogP contribution in [0.25, 0.3) is 22.3 Å². The number of benzene rings is 4. The Hall–Kier alpha value is -3.51. The lowest BCUT2D eigenvalue weighted by Gasteiger charge is -2.03. The molecule has 0 amide bonds. The van der Waals surface area contributed by atoms with Gasteiger partial charge in [0.05, 0.1) is 0 Å². The van der Waals surface area contributed by atoms with E-state index in [0.717, 1.165) is 10.7 Å². The van der Waals surface area contributed by atoms with E-state index in [2.05, 4.69) is 29.7 Å². The van der Waals surface area contributed by atoms with E-state index in [1.807, 2.05) is 84.9 Å². The van der Waals surface area contributed by atoms with E-state index in [0.29, 0.717) is 0 Å². The predicted octanol–water partition coefficient (Wildman–Crippen LogP) is 7.30. The fraction of sp³-hybridized carbons (Fsp3) is 0.0400. The molecule has 4 rings (SSSR count). The molecule has 0 aliphatic rings. The molecule has 6 heteroatoms. The third-order valence-electron chi connectivity index (χ3n) is 4.11. The fourth-order valence-electron chi connectivity index (χ4n) is 2.66. The number of nitrogens with one attached hydrogen (secondary N) is 3. The van der Waals surface area contributed by atoms with E-state index in [1.165, 1.54) is 22.3 Å². The van der Waals surface area contributed by atoms with E-state index >= 15 is 0 Å². The maximum Gasteiger partial charge on any atom is 0.0485 e. The minimum absolute atomic E-state index is 0. The lowest BCUT2D eigenvalue weighted by molar-refractivity contribution is 0.824. The van der Waals surface area contributed by atoms with Gasteiger partial charge in [-0.1, -0.05) is 104 Å². The molecule has 0 aromatic heterocycles. The highest BCUT2D eigenvalue weighted by molar-refractivity contribution is 6.30. The monoisotopic (exact) mass is 438 g/mol. The fourth-order valence-corrected chi connectivity index (χ4v) is 2.79. The third kappa shape index (κ3) is 8.80. The van der Waals surface area contributed by atoms with Gasteiger partial charge in [0.15, 0.2) is 0 Å². The van der Waals surface area contributed by atoms with Crippen molar-refractivity contribution in [2.45, 2.75) is 7.43 Å². The van der Waals surface area contributed by atoms with Crippen LogP contribution in [0.15, 0.2) is 109 Å². The number of hydrazine groups is 1. The molecular weight excluding hydrogens is 408 g/mol. The molecule has 0 saturated heterocycles. The van der Waals surface area contributed by atoms with Crippen molar-refractivity contribution in [3.05, 3.63) is 114 Å². The minimum atomic E-state index is 0. The molecule has 164 valence electrons. The summed E-state index contributed by atoms with van der Waals surface area (Å²) in [5.74, 6) is 5.29. The molecule has 0 fully saturated rings. The summed E-state index contributed by atoms with van der Waals surface area (Å²) >= 11 is 5.80. The molecule has 5 nitrogen and oxygen atoms in total.